The summed E-state index contributed by atoms with van der Waals surface area (Å²) in [7, 11) is 0. The van der Waals surface area contributed by atoms with E-state index >= 15 is 0 Å². The molecule has 0 unspecified atom stereocenters. The van der Waals surface area contributed by atoms with Crippen molar-refractivity contribution in [2.75, 3.05) is 19.7 Å². The predicted molar refractivity (Wildman–Crippen MR) is 117 cm³/mol. The fourth-order valence-corrected chi connectivity index (χ4v) is 4.07. The molecule has 31 heavy (non-hydrogen) atoms. The van der Waals surface area contributed by atoms with Crippen molar-refractivity contribution in [2.45, 2.75) is 44.8 Å². The molecular weight excluding hydrogens is 395 g/mol. The van der Waals surface area contributed by atoms with Crippen molar-refractivity contribution < 1.29 is 18.7 Å². The molecule has 2 aromatic carbocycles. The van der Waals surface area contributed by atoms with Crippen LogP contribution in [0.5, 0.6) is 0 Å². The zero-order chi connectivity index (χ0) is 22.0. The minimum Gasteiger partial charge on any atom is -0.361 e. The Hall–Kier alpha value is -2.73. The minimum absolute atomic E-state index is 0.0282. The third-order valence-electron chi connectivity index (χ3n) is 5.89. The smallest absolute Gasteiger partial charge is 0.254 e. The average Bonchev–Trinajstić information content (AvgIpc) is 3.57. The van der Waals surface area contributed by atoms with Crippen LogP contribution in [0.1, 0.15) is 32.3 Å². The van der Waals surface area contributed by atoms with Gasteiger partial charge in [-0.1, -0.05) is 50.2 Å². The Morgan fingerprint density at radius 1 is 1.16 bits per heavy atom. The molecule has 2 amide bonds. The highest BCUT2D eigenvalue weighted by atomic mass is 19.1. The molecule has 4 rings (SSSR count). The van der Waals surface area contributed by atoms with Crippen LogP contribution in [-0.2, 0) is 20.7 Å². The lowest BCUT2D eigenvalue weighted by Gasteiger charge is -2.42. The maximum Gasteiger partial charge on any atom is 0.254 e. The van der Waals surface area contributed by atoms with Crippen LogP contribution in [0.4, 0.5) is 4.39 Å². The molecule has 1 N–H and O–H groups in total. The Balaban J connectivity index is 1.62. The van der Waals surface area contributed by atoms with Gasteiger partial charge in [0.2, 0.25) is 5.91 Å². The maximum absolute atomic E-state index is 13.7. The number of hydrogen-bond acceptors (Lipinski definition) is 3. The standard InChI is InChI=1S/C25H29FN2O3/c1-17(2)23(29)28-11-12-31-25(16-28,24(30)27-22-9-10-22)15-18-5-3-6-19(13-18)20-7-4-8-21(26)14-20/h3-8,13-14,17,22H,9-12,15-16H2,1-2H3,(H,27,30)/t25-/m1/s1. The Bertz CT molecular complexity index is 973. The number of halogens is 1. The summed E-state index contributed by atoms with van der Waals surface area (Å²) in [6.45, 7) is 4.77. The van der Waals surface area contributed by atoms with Crippen LogP contribution in [0.15, 0.2) is 48.5 Å². The Labute approximate surface area is 182 Å². The molecule has 2 aromatic rings. The molecule has 1 saturated carbocycles. The molecule has 2 fully saturated rings. The van der Waals surface area contributed by atoms with E-state index in [1.807, 2.05) is 44.2 Å². The summed E-state index contributed by atoms with van der Waals surface area (Å²) in [5.41, 5.74) is 1.43. The van der Waals surface area contributed by atoms with Crippen molar-refractivity contribution in [2.24, 2.45) is 5.92 Å². The second-order valence-electron chi connectivity index (χ2n) is 8.89. The number of benzene rings is 2. The van der Waals surface area contributed by atoms with Gasteiger partial charge in [0, 0.05) is 24.9 Å². The predicted octanol–water partition coefficient (Wildman–Crippen LogP) is 3.57. The molecule has 1 aliphatic carbocycles. The highest BCUT2D eigenvalue weighted by molar-refractivity contribution is 5.88. The minimum atomic E-state index is -1.13. The lowest BCUT2D eigenvalue weighted by Crippen LogP contribution is -2.62. The molecule has 5 nitrogen and oxygen atoms in total. The summed E-state index contributed by atoms with van der Waals surface area (Å²) in [5, 5.41) is 3.08. The molecule has 164 valence electrons. The van der Waals surface area contributed by atoms with Crippen molar-refractivity contribution in [3.8, 4) is 11.1 Å². The average molecular weight is 425 g/mol. The Morgan fingerprint density at radius 2 is 1.87 bits per heavy atom. The van der Waals surface area contributed by atoms with Gasteiger partial charge in [-0.05, 0) is 41.7 Å². The van der Waals surface area contributed by atoms with E-state index < -0.39 is 5.60 Å². The molecule has 0 radical (unpaired) electrons. The highest BCUT2D eigenvalue weighted by Gasteiger charge is 2.46. The summed E-state index contributed by atoms with van der Waals surface area (Å²) in [6.07, 6.45) is 2.30. The molecular formula is C25H29FN2O3. The fraction of sp³-hybridized carbons (Fsp3) is 0.440. The first kappa shape index (κ1) is 21.5. The number of hydrogen-bond donors (Lipinski definition) is 1. The zero-order valence-electron chi connectivity index (χ0n) is 18.1. The number of amides is 2. The first-order valence-corrected chi connectivity index (χ1v) is 10.9. The highest BCUT2D eigenvalue weighted by Crippen LogP contribution is 2.29. The topological polar surface area (TPSA) is 58.6 Å². The van der Waals surface area contributed by atoms with Gasteiger partial charge in [0.25, 0.3) is 5.91 Å². The second kappa shape index (κ2) is 8.79. The lowest BCUT2D eigenvalue weighted by atomic mass is 9.89. The van der Waals surface area contributed by atoms with Crippen LogP contribution in [-0.4, -0.2) is 48.1 Å². The number of nitrogens with zero attached hydrogens (tertiary/aromatic N) is 1. The van der Waals surface area contributed by atoms with E-state index in [0.29, 0.717) is 19.6 Å². The SMILES string of the molecule is CC(C)C(=O)N1CCO[C@@](Cc2cccc(-c3cccc(F)c3)c2)(C(=O)NC2CC2)C1. The number of carbonyl (C=O) groups excluding carboxylic acids is 2. The summed E-state index contributed by atoms with van der Waals surface area (Å²) < 4.78 is 19.8. The van der Waals surface area contributed by atoms with E-state index in [1.54, 1.807) is 11.0 Å². The van der Waals surface area contributed by atoms with E-state index in [1.165, 1.54) is 12.1 Å². The van der Waals surface area contributed by atoms with Crippen LogP contribution < -0.4 is 5.32 Å². The molecule has 1 aliphatic heterocycles. The van der Waals surface area contributed by atoms with Crippen molar-refractivity contribution in [1.82, 2.24) is 10.2 Å². The second-order valence-corrected chi connectivity index (χ2v) is 8.89. The first-order valence-electron chi connectivity index (χ1n) is 10.9. The number of morpholine rings is 1. The lowest BCUT2D eigenvalue weighted by molar-refractivity contribution is -0.167. The van der Waals surface area contributed by atoms with Crippen LogP contribution in [0.2, 0.25) is 0 Å². The monoisotopic (exact) mass is 424 g/mol. The van der Waals surface area contributed by atoms with E-state index in [4.69, 9.17) is 4.74 Å². The first-order chi connectivity index (χ1) is 14.9. The molecule has 0 bridgehead atoms. The van der Waals surface area contributed by atoms with Gasteiger partial charge in [-0.15, -0.1) is 0 Å². The van der Waals surface area contributed by atoms with E-state index in [0.717, 1.165) is 29.5 Å². The molecule has 1 heterocycles. The number of rotatable bonds is 6. The molecule has 0 spiro atoms. The molecule has 6 heteroatoms. The van der Waals surface area contributed by atoms with Gasteiger partial charge in [-0.25, -0.2) is 4.39 Å². The van der Waals surface area contributed by atoms with Gasteiger partial charge in [-0.3, -0.25) is 9.59 Å². The fourth-order valence-electron chi connectivity index (χ4n) is 4.07. The van der Waals surface area contributed by atoms with Gasteiger partial charge in [0.05, 0.1) is 13.2 Å². The van der Waals surface area contributed by atoms with Crippen molar-refractivity contribution >= 4 is 11.8 Å². The summed E-state index contributed by atoms with van der Waals surface area (Å²) in [4.78, 5) is 27.7. The van der Waals surface area contributed by atoms with E-state index in [9.17, 15) is 14.0 Å². The molecule has 1 atom stereocenters. The zero-order valence-corrected chi connectivity index (χ0v) is 18.1. The van der Waals surface area contributed by atoms with Crippen molar-refractivity contribution in [3.63, 3.8) is 0 Å². The van der Waals surface area contributed by atoms with Crippen molar-refractivity contribution in [3.05, 3.63) is 59.9 Å². The summed E-state index contributed by atoms with van der Waals surface area (Å²) >= 11 is 0. The number of nitrogens with one attached hydrogen (secondary N) is 1. The van der Waals surface area contributed by atoms with Crippen LogP contribution in [0.3, 0.4) is 0 Å². The third-order valence-corrected chi connectivity index (χ3v) is 5.89. The van der Waals surface area contributed by atoms with Crippen LogP contribution in [0.25, 0.3) is 11.1 Å². The Morgan fingerprint density at radius 3 is 2.55 bits per heavy atom. The van der Waals surface area contributed by atoms with Crippen LogP contribution in [0, 0.1) is 11.7 Å². The summed E-state index contributed by atoms with van der Waals surface area (Å²) in [6, 6.07) is 14.4. The largest absolute Gasteiger partial charge is 0.361 e. The van der Waals surface area contributed by atoms with Gasteiger partial charge in [0.1, 0.15) is 5.82 Å². The number of ether oxygens (including phenoxy) is 1. The summed E-state index contributed by atoms with van der Waals surface area (Å²) in [5.74, 6) is -0.562. The molecule has 1 saturated heterocycles. The third kappa shape index (κ3) is 4.96. The van der Waals surface area contributed by atoms with E-state index in [-0.39, 0.29) is 36.1 Å². The van der Waals surface area contributed by atoms with Gasteiger partial charge < -0.3 is 15.0 Å². The van der Waals surface area contributed by atoms with Crippen molar-refractivity contribution in [1.29, 1.82) is 0 Å². The van der Waals surface area contributed by atoms with E-state index in [2.05, 4.69) is 5.32 Å². The van der Waals surface area contributed by atoms with Gasteiger partial charge >= 0.3 is 0 Å². The molecule has 2 aliphatic rings. The van der Waals surface area contributed by atoms with Gasteiger partial charge in [-0.2, -0.15) is 0 Å². The number of carbonyl (C=O) groups is 2. The quantitative estimate of drug-likeness (QED) is 0.771. The Kier molecular flexibility index (Phi) is 6.10. The van der Waals surface area contributed by atoms with Gasteiger partial charge in [0.15, 0.2) is 5.60 Å². The van der Waals surface area contributed by atoms with Crippen LogP contribution >= 0.6 is 0 Å². The molecule has 0 aromatic heterocycles. The normalized spacial score (nSPS) is 21.2. The maximum atomic E-state index is 13.7.